The lowest BCUT2D eigenvalue weighted by molar-refractivity contribution is -0.368. The first-order chi connectivity index (χ1) is 26.6. The van der Waals surface area contributed by atoms with Gasteiger partial charge in [0.05, 0.1) is 44.2 Å². The van der Waals surface area contributed by atoms with E-state index in [9.17, 15) is 46.0 Å². The number of rotatable bonds is 8. The average molecular weight is 813 g/mol. The summed E-state index contributed by atoms with van der Waals surface area (Å²) in [7, 11) is 1.78. The molecule has 4 saturated carbocycles. The van der Waals surface area contributed by atoms with Gasteiger partial charge in [-0.1, -0.05) is 53.2 Å². The Hall–Kier alpha value is -0.820. The highest BCUT2D eigenvalue weighted by atomic mass is 16.7. The number of allylic oxidation sites excluding steroid dienone is 1. The Bertz CT molecular complexity index is 1490. The molecule has 0 amide bonds. The molecule has 2 heterocycles. The number of aliphatic hydroxyl groups excluding tert-OH is 9. The molecule has 0 bridgehead atoms. The molecular weight excluding hydrogens is 740 g/mol. The Labute approximate surface area is 337 Å². The highest BCUT2D eigenvalue weighted by Gasteiger charge is 2.72. The lowest BCUT2D eigenvalue weighted by atomic mass is 9.32. The van der Waals surface area contributed by atoms with Gasteiger partial charge < -0.3 is 69.6 Å². The summed E-state index contributed by atoms with van der Waals surface area (Å²) >= 11 is 0. The van der Waals surface area contributed by atoms with Crippen molar-refractivity contribution in [3.8, 4) is 0 Å². The Morgan fingerprint density at radius 2 is 1.42 bits per heavy atom. The largest absolute Gasteiger partial charge is 0.396 e. The zero-order chi connectivity index (χ0) is 41.8. The van der Waals surface area contributed by atoms with E-state index in [0.717, 1.165) is 38.5 Å². The zero-order valence-corrected chi connectivity index (χ0v) is 35.2. The molecule has 0 aromatic carbocycles. The molecule has 14 heteroatoms. The van der Waals surface area contributed by atoms with Crippen molar-refractivity contribution in [1.29, 1.82) is 0 Å². The fourth-order valence-corrected chi connectivity index (χ4v) is 14.0. The zero-order valence-electron chi connectivity index (χ0n) is 35.2. The standard InChI is InChI=1S/C43H72O14/c1-21-29(48)34(57-36-32(51)31(50)30(49)25(18-44)55-36)33(52)37(54-21)56-28-10-11-39(4)26(40(28,5)19-45)9-12-41(6)35(39)24(53-8)15-22-23-16-38(2,3)13-14-43(23,20-46)27(47)17-42(22,41)7/h15,21,23-37,44-52H,9-14,16-20H2,1-8H3/t21-,23?,24-,25-,26?,27?,28+,29+,30-,31+,32-,33-,34+,35?,36+,37+,39+,40+,41-,42-,43?/m1/s1. The maximum atomic E-state index is 12.1. The van der Waals surface area contributed by atoms with Crippen LogP contribution in [0.2, 0.25) is 0 Å². The first kappa shape index (κ1) is 44.2. The van der Waals surface area contributed by atoms with E-state index < -0.39 is 91.1 Å². The molecule has 5 unspecified atom stereocenters. The van der Waals surface area contributed by atoms with Crippen LogP contribution >= 0.6 is 0 Å². The molecule has 6 fully saturated rings. The lowest BCUT2D eigenvalue weighted by Gasteiger charge is -2.73. The van der Waals surface area contributed by atoms with Crippen LogP contribution in [0.1, 0.15) is 99.8 Å². The molecule has 57 heavy (non-hydrogen) atoms. The Morgan fingerprint density at radius 1 is 0.737 bits per heavy atom. The molecule has 0 radical (unpaired) electrons. The van der Waals surface area contributed by atoms with Crippen LogP contribution in [0.4, 0.5) is 0 Å². The van der Waals surface area contributed by atoms with E-state index in [1.165, 1.54) is 5.57 Å². The van der Waals surface area contributed by atoms with Gasteiger partial charge in [0, 0.05) is 23.9 Å². The summed E-state index contributed by atoms with van der Waals surface area (Å²) in [5, 5.41) is 98.1. The molecule has 5 aliphatic carbocycles. The first-order valence-electron chi connectivity index (χ1n) is 21.4. The fourth-order valence-electron chi connectivity index (χ4n) is 14.0. The van der Waals surface area contributed by atoms with Crippen molar-refractivity contribution in [3.63, 3.8) is 0 Å². The predicted octanol–water partition coefficient (Wildman–Crippen LogP) is 1.39. The summed E-state index contributed by atoms with van der Waals surface area (Å²) < 4.78 is 30.6. The molecule has 9 N–H and O–H groups in total. The molecule has 0 aromatic heterocycles. The van der Waals surface area contributed by atoms with E-state index in [-0.39, 0.29) is 58.7 Å². The molecule has 7 rings (SSSR count). The average Bonchev–Trinajstić information content (AvgIpc) is 3.16. The topological polar surface area (TPSA) is 228 Å². The summed E-state index contributed by atoms with van der Waals surface area (Å²) in [6.07, 6.45) is -7.49. The molecule has 0 aromatic rings. The predicted molar refractivity (Wildman–Crippen MR) is 205 cm³/mol. The third-order valence-electron chi connectivity index (χ3n) is 17.7. The molecular formula is C43H72O14. The minimum absolute atomic E-state index is 0.0303. The van der Waals surface area contributed by atoms with E-state index in [0.29, 0.717) is 12.8 Å². The minimum atomic E-state index is -1.74. The van der Waals surface area contributed by atoms with Gasteiger partial charge in [0.2, 0.25) is 0 Å². The molecule has 0 spiro atoms. The highest BCUT2D eigenvalue weighted by molar-refractivity contribution is 5.37. The van der Waals surface area contributed by atoms with E-state index >= 15 is 0 Å². The van der Waals surface area contributed by atoms with Crippen LogP contribution in [0.3, 0.4) is 0 Å². The SMILES string of the molecule is CO[C@@H]1C=C2C3CC(C)(C)CCC3(CO)C(O)C[C@@]2(C)[C@]2(C)CCC3[C@](C)(CC[C@H](O[C@@H]4O[C@H](C)[C@H](O)[C@H](O[C@@H]5O[C@H](CO)[C@@H](O)[C@H](O)[C@H]5O)[C@H]4O)[C@@]3(C)CO)C12. The van der Waals surface area contributed by atoms with Gasteiger partial charge in [-0.2, -0.15) is 0 Å². The second-order valence-electron chi connectivity index (χ2n) is 21.0. The van der Waals surface area contributed by atoms with Crippen LogP contribution in [0, 0.1) is 50.2 Å². The van der Waals surface area contributed by atoms with E-state index in [1.807, 2.05) is 6.92 Å². The summed E-state index contributed by atoms with van der Waals surface area (Å²) in [5.74, 6) is 0.0264. The van der Waals surface area contributed by atoms with Crippen LogP contribution < -0.4 is 0 Å². The summed E-state index contributed by atoms with van der Waals surface area (Å²) in [5.41, 5.74) is -0.934. The van der Waals surface area contributed by atoms with Gasteiger partial charge in [0.25, 0.3) is 0 Å². The van der Waals surface area contributed by atoms with Crippen molar-refractivity contribution in [2.75, 3.05) is 26.9 Å². The van der Waals surface area contributed by atoms with E-state index in [1.54, 1.807) is 14.0 Å². The van der Waals surface area contributed by atoms with E-state index in [4.69, 9.17) is 23.7 Å². The van der Waals surface area contributed by atoms with Gasteiger partial charge in [0.1, 0.15) is 42.7 Å². The summed E-state index contributed by atoms with van der Waals surface area (Å²) in [6, 6.07) is 0. The van der Waals surface area contributed by atoms with Crippen LogP contribution in [0.25, 0.3) is 0 Å². The number of ether oxygens (including phenoxy) is 5. The number of aliphatic hydroxyl groups is 9. The van der Waals surface area contributed by atoms with Gasteiger partial charge in [-0.3, -0.25) is 0 Å². The van der Waals surface area contributed by atoms with Gasteiger partial charge in [-0.15, -0.1) is 0 Å². The maximum Gasteiger partial charge on any atom is 0.187 e. The molecule has 2 aliphatic heterocycles. The van der Waals surface area contributed by atoms with Crippen molar-refractivity contribution in [2.45, 2.75) is 180 Å². The van der Waals surface area contributed by atoms with E-state index in [2.05, 4.69) is 40.7 Å². The van der Waals surface area contributed by atoms with Crippen molar-refractivity contribution >= 4 is 0 Å². The third kappa shape index (κ3) is 6.48. The normalized spacial score (nSPS) is 56.1. The second kappa shape index (κ2) is 15.2. The van der Waals surface area contributed by atoms with Crippen LogP contribution in [-0.4, -0.2) is 153 Å². The Kier molecular flexibility index (Phi) is 11.8. The minimum Gasteiger partial charge on any atom is -0.396 e. The Morgan fingerprint density at radius 3 is 2.05 bits per heavy atom. The molecule has 2 saturated heterocycles. The van der Waals surface area contributed by atoms with Crippen LogP contribution in [0.15, 0.2) is 11.6 Å². The Balaban J connectivity index is 1.17. The summed E-state index contributed by atoms with van der Waals surface area (Å²) in [6.45, 7) is 14.4. The van der Waals surface area contributed by atoms with Gasteiger partial charge in [-0.05, 0) is 91.8 Å². The van der Waals surface area contributed by atoms with Crippen LogP contribution in [0.5, 0.6) is 0 Å². The lowest BCUT2D eigenvalue weighted by Crippen LogP contribution is -2.70. The third-order valence-corrected chi connectivity index (χ3v) is 17.7. The summed E-state index contributed by atoms with van der Waals surface area (Å²) in [4.78, 5) is 0. The number of fused-ring (bicyclic) bond motifs is 7. The van der Waals surface area contributed by atoms with Gasteiger partial charge >= 0.3 is 0 Å². The number of hydrogen-bond acceptors (Lipinski definition) is 14. The molecule has 14 nitrogen and oxygen atoms in total. The van der Waals surface area contributed by atoms with Gasteiger partial charge in [0.15, 0.2) is 12.6 Å². The van der Waals surface area contributed by atoms with Crippen LogP contribution in [-0.2, 0) is 23.7 Å². The fraction of sp³-hybridized carbons (Fsp3) is 0.953. The van der Waals surface area contributed by atoms with Crippen molar-refractivity contribution in [2.24, 2.45) is 50.2 Å². The molecule has 7 aliphatic rings. The van der Waals surface area contributed by atoms with Crippen molar-refractivity contribution < 1.29 is 69.6 Å². The second-order valence-corrected chi connectivity index (χ2v) is 21.0. The van der Waals surface area contributed by atoms with Crippen molar-refractivity contribution in [1.82, 2.24) is 0 Å². The van der Waals surface area contributed by atoms with Gasteiger partial charge in [-0.25, -0.2) is 0 Å². The molecule has 328 valence electrons. The maximum absolute atomic E-state index is 12.1. The molecule has 21 atom stereocenters. The van der Waals surface area contributed by atoms with Crippen molar-refractivity contribution in [3.05, 3.63) is 11.6 Å². The number of methoxy groups -OCH3 is 1. The highest BCUT2D eigenvalue weighted by Crippen LogP contribution is 2.76. The first-order valence-corrected chi connectivity index (χ1v) is 21.4. The quantitative estimate of drug-likeness (QED) is 0.125. The monoisotopic (exact) mass is 812 g/mol. The number of hydrogen-bond donors (Lipinski definition) is 9. The smallest absolute Gasteiger partial charge is 0.187 e.